The zero-order chi connectivity index (χ0) is 15.4. The predicted molar refractivity (Wildman–Crippen MR) is 86.9 cm³/mol. The summed E-state index contributed by atoms with van der Waals surface area (Å²) in [6, 6.07) is 12.7. The number of piperidine rings is 1. The number of carbonyl (C=O) groups is 1. The van der Waals surface area contributed by atoms with Gasteiger partial charge in [-0.3, -0.25) is 14.8 Å². The molecule has 118 valence electrons. The lowest BCUT2D eigenvalue weighted by Crippen LogP contribution is -2.58. The molecule has 5 nitrogen and oxygen atoms in total. The van der Waals surface area contributed by atoms with E-state index in [1.165, 1.54) is 19.4 Å². The van der Waals surface area contributed by atoms with Crippen molar-refractivity contribution >= 4 is 5.91 Å². The number of aromatic nitrogens is 2. The second kappa shape index (κ2) is 4.93. The van der Waals surface area contributed by atoms with E-state index in [1.54, 1.807) is 0 Å². The van der Waals surface area contributed by atoms with Crippen molar-refractivity contribution in [1.82, 2.24) is 20.0 Å². The number of nitrogens with zero attached hydrogens (tertiary/aromatic N) is 3. The molecule has 1 aromatic carbocycles. The second-order valence-corrected chi connectivity index (χ2v) is 7.01. The van der Waals surface area contributed by atoms with Crippen molar-refractivity contribution < 1.29 is 4.79 Å². The van der Waals surface area contributed by atoms with E-state index in [0.29, 0.717) is 23.7 Å². The number of hydrogen-bond donors (Lipinski definition) is 1. The highest BCUT2D eigenvalue weighted by atomic mass is 16.2. The Bertz CT molecular complexity index is 736. The lowest BCUT2D eigenvalue weighted by atomic mass is 9.93. The first kappa shape index (κ1) is 13.3. The van der Waals surface area contributed by atoms with Crippen LogP contribution in [0.25, 0.3) is 11.3 Å². The van der Waals surface area contributed by atoms with Gasteiger partial charge in [0.1, 0.15) is 5.69 Å². The summed E-state index contributed by atoms with van der Waals surface area (Å²) >= 11 is 0. The van der Waals surface area contributed by atoms with Gasteiger partial charge >= 0.3 is 0 Å². The van der Waals surface area contributed by atoms with E-state index in [1.807, 2.05) is 36.4 Å². The van der Waals surface area contributed by atoms with Crippen LogP contribution in [0.3, 0.4) is 0 Å². The molecule has 2 aromatic rings. The Labute approximate surface area is 135 Å². The van der Waals surface area contributed by atoms with Crippen molar-refractivity contribution in [2.24, 2.45) is 5.92 Å². The molecule has 3 aliphatic rings. The van der Waals surface area contributed by atoms with E-state index in [9.17, 15) is 4.79 Å². The van der Waals surface area contributed by atoms with Crippen molar-refractivity contribution in [2.75, 3.05) is 19.6 Å². The second-order valence-electron chi connectivity index (χ2n) is 7.01. The number of H-pyrrole nitrogens is 1. The first-order chi connectivity index (χ1) is 11.3. The fourth-order valence-electron chi connectivity index (χ4n) is 4.64. The Morgan fingerprint density at radius 1 is 1.22 bits per heavy atom. The van der Waals surface area contributed by atoms with Crippen molar-refractivity contribution in [3.05, 3.63) is 42.1 Å². The lowest BCUT2D eigenvalue weighted by molar-refractivity contribution is 0.0257. The van der Waals surface area contributed by atoms with E-state index in [2.05, 4.69) is 20.0 Å². The topological polar surface area (TPSA) is 52.2 Å². The van der Waals surface area contributed by atoms with Crippen LogP contribution in [0, 0.1) is 5.92 Å². The first-order valence-corrected chi connectivity index (χ1v) is 8.45. The Kier molecular flexibility index (Phi) is 2.85. The highest BCUT2D eigenvalue weighted by Crippen LogP contribution is 2.41. The molecule has 0 saturated carbocycles. The fraction of sp³-hybridized carbons (Fsp3) is 0.444. The van der Waals surface area contributed by atoms with Gasteiger partial charge in [0, 0.05) is 30.7 Å². The summed E-state index contributed by atoms with van der Waals surface area (Å²) in [5.41, 5.74) is 2.49. The zero-order valence-corrected chi connectivity index (χ0v) is 13.0. The van der Waals surface area contributed by atoms with Gasteiger partial charge in [0.05, 0.1) is 5.69 Å². The van der Waals surface area contributed by atoms with Crippen LogP contribution in [0.4, 0.5) is 0 Å². The maximum atomic E-state index is 13.0. The Balaban J connectivity index is 1.43. The minimum Gasteiger partial charge on any atom is -0.328 e. The van der Waals surface area contributed by atoms with Crippen molar-refractivity contribution in [2.45, 2.75) is 24.9 Å². The number of rotatable bonds is 2. The van der Waals surface area contributed by atoms with Gasteiger partial charge in [-0.25, -0.2) is 0 Å². The van der Waals surface area contributed by atoms with Crippen LogP contribution in [-0.4, -0.2) is 57.6 Å². The van der Waals surface area contributed by atoms with Gasteiger partial charge < -0.3 is 4.90 Å². The van der Waals surface area contributed by atoms with Gasteiger partial charge in [0.2, 0.25) is 0 Å². The molecule has 3 aliphatic heterocycles. The summed E-state index contributed by atoms with van der Waals surface area (Å²) in [6.07, 6.45) is 2.41. The highest BCUT2D eigenvalue weighted by Gasteiger charge is 2.50. The molecule has 0 aliphatic carbocycles. The summed E-state index contributed by atoms with van der Waals surface area (Å²) in [5, 5.41) is 7.30. The van der Waals surface area contributed by atoms with Crippen LogP contribution in [0.2, 0.25) is 0 Å². The molecule has 23 heavy (non-hydrogen) atoms. The van der Waals surface area contributed by atoms with Gasteiger partial charge in [-0.2, -0.15) is 5.10 Å². The van der Waals surface area contributed by atoms with Gasteiger partial charge in [0.25, 0.3) is 5.91 Å². The smallest absolute Gasteiger partial charge is 0.272 e. The average Bonchev–Trinajstić information content (AvgIpc) is 3.10. The van der Waals surface area contributed by atoms with Gasteiger partial charge in [-0.1, -0.05) is 30.3 Å². The van der Waals surface area contributed by atoms with Gasteiger partial charge in [-0.15, -0.1) is 0 Å². The maximum absolute atomic E-state index is 13.0. The third-order valence-electron chi connectivity index (χ3n) is 5.71. The minimum atomic E-state index is 0.124. The van der Waals surface area contributed by atoms with Crippen LogP contribution in [0.5, 0.6) is 0 Å². The summed E-state index contributed by atoms with van der Waals surface area (Å²) in [6.45, 7) is 3.30. The normalized spacial score (nSPS) is 31.6. The molecule has 4 atom stereocenters. The monoisotopic (exact) mass is 308 g/mol. The molecule has 3 saturated heterocycles. The Morgan fingerprint density at radius 3 is 2.96 bits per heavy atom. The molecule has 1 amide bonds. The number of aromatic amines is 1. The van der Waals surface area contributed by atoms with E-state index < -0.39 is 0 Å². The maximum Gasteiger partial charge on any atom is 0.272 e. The zero-order valence-electron chi connectivity index (χ0n) is 13.0. The minimum absolute atomic E-state index is 0.124. The van der Waals surface area contributed by atoms with Crippen LogP contribution in [-0.2, 0) is 0 Å². The van der Waals surface area contributed by atoms with Crippen molar-refractivity contribution in [3.63, 3.8) is 0 Å². The quantitative estimate of drug-likeness (QED) is 0.923. The summed E-state index contributed by atoms with van der Waals surface area (Å²) < 4.78 is 0. The molecule has 1 N–H and O–H groups in total. The molecule has 3 bridgehead atoms. The molecule has 0 radical (unpaired) electrons. The summed E-state index contributed by atoms with van der Waals surface area (Å²) in [4.78, 5) is 17.7. The lowest BCUT2D eigenvalue weighted by Gasteiger charge is -2.44. The van der Waals surface area contributed by atoms with Crippen LogP contribution in [0.1, 0.15) is 23.3 Å². The number of fused-ring (bicyclic) bond motifs is 2. The van der Waals surface area contributed by atoms with Crippen molar-refractivity contribution in [1.29, 1.82) is 0 Å². The Hall–Kier alpha value is -2.14. The van der Waals surface area contributed by atoms with E-state index in [0.717, 1.165) is 24.3 Å². The SMILES string of the molecule is O=C(c1cc(-c2ccccc2)n[nH]1)N1[C@H]2C[C@@H]3CCN(C2)C[C@@H]31. The van der Waals surface area contributed by atoms with E-state index in [-0.39, 0.29) is 5.91 Å². The predicted octanol–water partition coefficient (Wildman–Crippen LogP) is 2.00. The van der Waals surface area contributed by atoms with Crippen LogP contribution in [0.15, 0.2) is 36.4 Å². The number of amides is 1. The molecule has 0 spiro atoms. The molecule has 5 heteroatoms. The third-order valence-corrected chi connectivity index (χ3v) is 5.71. The number of carbonyl (C=O) groups excluding carboxylic acids is 1. The van der Waals surface area contributed by atoms with Gasteiger partial charge in [0.15, 0.2) is 0 Å². The van der Waals surface area contributed by atoms with Crippen molar-refractivity contribution in [3.8, 4) is 11.3 Å². The van der Waals surface area contributed by atoms with E-state index in [4.69, 9.17) is 0 Å². The fourth-order valence-corrected chi connectivity index (χ4v) is 4.64. The number of piperazine rings is 1. The number of benzene rings is 1. The third kappa shape index (κ3) is 2.03. The number of hydrogen-bond acceptors (Lipinski definition) is 3. The molecular formula is C18H20N4O. The molecular weight excluding hydrogens is 288 g/mol. The van der Waals surface area contributed by atoms with Crippen LogP contribution >= 0.6 is 0 Å². The summed E-state index contributed by atoms with van der Waals surface area (Å²) in [5.74, 6) is 0.818. The standard InChI is InChI=1S/C18H20N4O/c23-18(16-9-15(19-20-16)12-4-2-1-3-5-12)22-14-8-13-6-7-21(10-14)11-17(13)22/h1-5,9,13-14,17H,6-8,10-11H2,(H,19,20)/t13-,14-,17-/m0/s1. The van der Waals surface area contributed by atoms with Gasteiger partial charge in [-0.05, 0) is 31.4 Å². The summed E-state index contributed by atoms with van der Waals surface area (Å²) in [7, 11) is 0. The molecule has 3 fully saturated rings. The molecule has 1 unspecified atom stereocenters. The molecule has 4 heterocycles. The van der Waals surface area contributed by atoms with E-state index >= 15 is 0 Å². The highest BCUT2D eigenvalue weighted by molar-refractivity contribution is 5.94. The Morgan fingerprint density at radius 2 is 2.09 bits per heavy atom. The average molecular weight is 308 g/mol. The first-order valence-electron chi connectivity index (χ1n) is 8.45. The molecule has 5 rings (SSSR count). The largest absolute Gasteiger partial charge is 0.328 e. The van der Waals surface area contributed by atoms with Crippen LogP contribution < -0.4 is 0 Å². The molecule has 1 aromatic heterocycles. The number of nitrogens with one attached hydrogen (secondary N) is 1.